The number of para-hydroxylation sites is 1. The fourth-order valence-electron chi connectivity index (χ4n) is 2.14. The summed E-state index contributed by atoms with van der Waals surface area (Å²) in [5.41, 5.74) is -0.255. The second-order valence-electron chi connectivity index (χ2n) is 5.08. The summed E-state index contributed by atoms with van der Waals surface area (Å²) in [5, 5.41) is 12.5. The number of carboxylic acids is 1. The topological polar surface area (TPSA) is 88.8 Å². The van der Waals surface area contributed by atoms with Gasteiger partial charge >= 0.3 is 5.97 Å². The molecule has 1 atom stereocenters. The SMILES string of the molecule is COCC(C)(NC(=O)c1oc2ccccc2c1C)C(=O)O. The monoisotopic (exact) mass is 291 g/mol. The van der Waals surface area contributed by atoms with Crippen molar-refractivity contribution >= 4 is 22.8 Å². The molecular weight excluding hydrogens is 274 g/mol. The number of aryl methyl sites for hydroxylation is 1. The number of hydrogen-bond donors (Lipinski definition) is 2. The summed E-state index contributed by atoms with van der Waals surface area (Å²) >= 11 is 0. The third-order valence-electron chi connectivity index (χ3n) is 3.34. The van der Waals surface area contributed by atoms with Gasteiger partial charge in [-0.25, -0.2) is 4.79 Å². The van der Waals surface area contributed by atoms with Crippen LogP contribution in [0.4, 0.5) is 0 Å². The van der Waals surface area contributed by atoms with Gasteiger partial charge in [0, 0.05) is 18.1 Å². The Morgan fingerprint density at radius 2 is 2.05 bits per heavy atom. The lowest BCUT2D eigenvalue weighted by Gasteiger charge is -2.24. The molecule has 0 aliphatic carbocycles. The number of rotatable bonds is 5. The number of furan rings is 1. The van der Waals surface area contributed by atoms with E-state index >= 15 is 0 Å². The first-order valence-electron chi connectivity index (χ1n) is 6.42. The Morgan fingerprint density at radius 3 is 2.62 bits per heavy atom. The molecule has 1 aromatic carbocycles. The minimum Gasteiger partial charge on any atom is -0.479 e. The molecule has 0 bridgehead atoms. The van der Waals surface area contributed by atoms with Crippen molar-refractivity contribution in [3.05, 3.63) is 35.6 Å². The lowest BCUT2D eigenvalue weighted by atomic mass is 10.0. The van der Waals surface area contributed by atoms with Gasteiger partial charge in [0.05, 0.1) is 6.61 Å². The molecule has 2 aromatic rings. The average molecular weight is 291 g/mol. The highest BCUT2D eigenvalue weighted by atomic mass is 16.5. The maximum Gasteiger partial charge on any atom is 0.331 e. The van der Waals surface area contributed by atoms with Gasteiger partial charge in [0.15, 0.2) is 11.3 Å². The minimum atomic E-state index is -1.52. The smallest absolute Gasteiger partial charge is 0.331 e. The lowest BCUT2D eigenvalue weighted by molar-refractivity contribution is -0.145. The highest BCUT2D eigenvalue weighted by molar-refractivity contribution is 6.01. The summed E-state index contributed by atoms with van der Waals surface area (Å²) in [5.74, 6) is -1.64. The summed E-state index contributed by atoms with van der Waals surface area (Å²) in [6.45, 7) is 3.00. The number of aliphatic carboxylic acids is 1. The number of ether oxygens (including phenoxy) is 1. The first-order valence-corrected chi connectivity index (χ1v) is 6.42. The van der Waals surface area contributed by atoms with Crippen LogP contribution in [-0.4, -0.2) is 36.2 Å². The summed E-state index contributed by atoms with van der Waals surface area (Å²) in [6.07, 6.45) is 0. The Balaban J connectivity index is 2.34. The molecule has 2 N–H and O–H groups in total. The van der Waals surface area contributed by atoms with Gasteiger partial charge in [-0.15, -0.1) is 0 Å². The average Bonchev–Trinajstić information content (AvgIpc) is 2.77. The van der Waals surface area contributed by atoms with Crippen molar-refractivity contribution < 1.29 is 23.8 Å². The van der Waals surface area contributed by atoms with Crippen LogP contribution in [0.5, 0.6) is 0 Å². The fraction of sp³-hybridized carbons (Fsp3) is 0.333. The molecule has 1 unspecified atom stereocenters. The molecule has 21 heavy (non-hydrogen) atoms. The molecule has 1 aromatic heterocycles. The Hall–Kier alpha value is -2.34. The van der Waals surface area contributed by atoms with Crippen molar-refractivity contribution in [3.63, 3.8) is 0 Å². The second-order valence-corrected chi connectivity index (χ2v) is 5.08. The van der Waals surface area contributed by atoms with E-state index in [4.69, 9.17) is 9.15 Å². The molecule has 6 heteroatoms. The van der Waals surface area contributed by atoms with Crippen LogP contribution in [0.25, 0.3) is 11.0 Å². The first-order chi connectivity index (χ1) is 9.89. The minimum absolute atomic E-state index is 0.111. The normalized spacial score (nSPS) is 13.9. The number of carbonyl (C=O) groups excluding carboxylic acids is 1. The fourth-order valence-corrected chi connectivity index (χ4v) is 2.14. The number of amides is 1. The zero-order chi connectivity index (χ0) is 15.6. The van der Waals surface area contributed by atoms with Gasteiger partial charge in [0.2, 0.25) is 0 Å². The molecule has 1 heterocycles. The summed E-state index contributed by atoms with van der Waals surface area (Å²) in [4.78, 5) is 23.6. The number of carbonyl (C=O) groups is 2. The number of methoxy groups -OCH3 is 1. The maximum atomic E-state index is 12.3. The van der Waals surface area contributed by atoms with Crippen LogP contribution in [0, 0.1) is 6.92 Å². The third kappa shape index (κ3) is 2.75. The van der Waals surface area contributed by atoms with Crippen LogP contribution in [0.2, 0.25) is 0 Å². The molecule has 0 aliphatic heterocycles. The molecular formula is C15H17NO5. The van der Waals surface area contributed by atoms with E-state index < -0.39 is 17.4 Å². The van der Waals surface area contributed by atoms with Gasteiger partial charge in [-0.05, 0) is 19.9 Å². The van der Waals surface area contributed by atoms with E-state index in [1.807, 2.05) is 12.1 Å². The van der Waals surface area contributed by atoms with Crippen LogP contribution >= 0.6 is 0 Å². The second kappa shape index (κ2) is 5.57. The number of carboxylic acid groups (broad SMARTS) is 1. The van der Waals surface area contributed by atoms with E-state index in [1.165, 1.54) is 14.0 Å². The number of nitrogens with one attached hydrogen (secondary N) is 1. The first kappa shape index (κ1) is 15.1. The van der Waals surface area contributed by atoms with Crippen molar-refractivity contribution in [2.75, 3.05) is 13.7 Å². The van der Waals surface area contributed by atoms with Crippen LogP contribution in [0.15, 0.2) is 28.7 Å². The Morgan fingerprint density at radius 1 is 1.38 bits per heavy atom. The van der Waals surface area contributed by atoms with E-state index in [1.54, 1.807) is 19.1 Å². The Kier molecular flexibility index (Phi) is 3.99. The van der Waals surface area contributed by atoms with Crippen LogP contribution < -0.4 is 5.32 Å². The third-order valence-corrected chi connectivity index (χ3v) is 3.34. The van der Waals surface area contributed by atoms with E-state index in [2.05, 4.69) is 5.32 Å². The van der Waals surface area contributed by atoms with E-state index in [9.17, 15) is 14.7 Å². The van der Waals surface area contributed by atoms with Crippen LogP contribution in [-0.2, 0) is 9.53 Å². The van der Waals surface area contributed by atoms with Crippen LogP contribution in [0.1, 0.15) is 23.0 Å². The molecule has 0 saturated heterocycles. The quantitative estimate of drug-likeness (QED) is 0.879. The van der Waals surface area contributed by atoms with Gasteiger partial charge in [-0.1, -0.05) is 18.2 Å². The van der Waals surface area contributed by atoms with E-state index in [0.29, 0.717) is 11.1 Å². The summed E-state index contributed by atoms with van der Waals surface area (Å²) in [6, 6.07) is 7.25. The summed E-state index contributed by atoms with van der Waals surface area (Å²) < 4.78 is 10.4. The Labute approximate surface area is 121 Å². The lowest BCUT2D eigenvalue weighted by Crippen LogP contribution is -2.55. The molecule has 112 valence electrons. The molecule has 0 saturated carbocycles. The van der Waals surface area contributed by atoms with Crippen molar-refractivity contribution in [3.8, 4) is 0 Å². The largest absolute Gasteiger partial charge is 0.479 e. The standard InChI is InChI=1S/C15H17NO5/c1-9-10-6-4-5-7-11(10)21-12(9)13(17)16-15(2,8-20-3)14(18)19/h4-7H,8H2,1-3H3,(H,16,17)(H,18,19). The highest BCUT2D eigenvalue weighted by Crippen LogP contribution is 2.25. The predicted octanol–water partition coefficient (Wildman–Crippen LogP) is 1.96. The molecule has 0 aliphatic rings. The van der Waals surface area contributed by atoms with Gasteiger partial charge in [-0.2, -0.15) is 0 Å². The highest BCUT2D eigenvalue weighted by Gasteiger charge is 2.36. The molecule has 0 fully saturated rings. The predicted molar refractivity (Wildman–Crippen MR) is 76.3 cm³/mol. The number of fused-ring (bicyclic) bond motifs is 1. The van der Waals surface area contributed by atoms with Gasteiger partial charge < -0.3 is 19.6 Å². The van der Waals surface area contributed by atoms with Crippen molar-refractivity contribution in [1.82, 2.24) is 5.32 Å². The van der Waals surface area contributed by atoms with Gasteiger partial charge in [0.25, 0.3) is 5.91 Å². The van der Waals surface area contributed by atoms with E-state index in [0.717, 1.165) is 5.39 Å². The number of hydrogen-bond acceptors (Lipinski definition) is 4. The zero-order valence-corrected chi connectivity index (χ0v) is 12.1. The molecule has 0 radical (unpaired) electrons. The van der Waals surface area contributed by atoms with Crippen LogP contribution in [0.3, 0.4) is 0 Å². The number of benzene rings is 1. The van der Waals surface area contributed by atoms with Gasteiger partial charge in [0.1, 0.15) is 5.58 Å². The van der Waals surface area contributed by atoms with Crippen molar-refractivity contribution in [2.45, 2.75) is 19.4 Å². The molecule has 6 nitrogen and oxygen atoms in total. The Bertz CT molecular complexity index is 690. The summed E-state index contributed by atoms with van der Waals surface area (Å²) in [7, 11) is 1.37. The zero-order valence-electron chi connectivity index (χ0n) is 12.1. The van der Waals surface area contributed by atoms with Crippen molar-refractivity contribution in [1.29, 1.82) is 0 Å². The van der Waals surface area contributed by atoms with Crippen molar-refractivity contribution in [2.24, 2.45) is 0 Å². The van der Waals surface area contributed by atoms with Gasteiger partial charge in [-0.3, -0.25) is 4.79 Å². The molecule has 1 amide bonds. The molecule has 0 spiro atoms. The molecule has 2 rings (SSSR count). The maximum absolute atomic E-state index is 12.3. The van der Waals surface area contributed by atoms with E-state index in [-0.39, 0.29) is 12.4 Å².